The normalized spacial score (nSPS) is 15.5. The highest BCUT2D eigenvalue weighted by Gasteiger charge is 2.28. The van der Waals surface area contributed by atoms with E-state index in [0.717, 1.165) is 24.3 Å². The van der Waals surface area contributed by atoms with Gasteiger partial charge in [-0.3, -0.25) is 10.1 Å². The molecule has 0 saturated carbocycles. The number of nitrogens with zero attached hydrogens (tertiary/aromatic N) is 1. The first kappa shape index (κ1) is 18.1. The number of aliphatic hydroxyl groups is 1. The highest BCUT2D eigenvalue weighted by Crippen LogP contribution is 2.35. The van der Waals surface area contributed by atoms with Gasteiger partial charge in [-0.2, -0.15) is 0 Å². The molecular weight excluding hydrogens is 364 g/mol. The number of ether oxygens (including phenoxy) is 2. The van der Waals surface area contributed by atoms with Gasteiger partial charge >= 0.3 is 0 Å². The van der Waals surface area contributed by atoms with Crippen LogP contribution in [0.15, 0.2) is 47.4 Å². The van der Waals surface area contributed by atoms with Gasteiger partial charge < -0.3 is 14.6 Å². The van der Waals surface area contributed by atoms with E-state index >= 15 is 0 Å². The second-order valence-electron chi connectivity index (χ2n) is 5.92. The largest absolute Gasteiger partial charge is 0.454 e. The van der Waals surface area contributed by atoms with Gasteiger partial charge in [-0.1, -0.05) is 6.07 Å². The molecule has 1 aliphatic heterocycles. The number of sulfonamides is 1. The van der Waals surface area contributed by atoms with Gasteiger partial charge in [-0.25, -0.2) is 13.1 Å². The summed E-state index contributed by atoms with van der Waals surface area (Å²) in [6.45, 7) is 1.25. The molecule has 1 heterocycles. The van der Waals surface area contributed by atoms with Crippen LogP contribution in [0.1, 0.15) is 12.5 Å². The monoisotopic (exact) mass is 380 g/mol. The minimum absolute atomic E-state index is 0.0910. The number of rotatable bonds is 6. The van der Waals surface area contributed by atoms with E-state index in [9.17, 15) is 23.6 Å². The Bertz CT molecular complexity index is 940. The van der Waals surface area contributed by atoms with Gasteiger partial charge in [0, 0.05) is 18.7 Å². The van der Waals surface area contributed by atoms with Crippen molar-refractivity contribution < 1.29 is 27.9 Å². The summed E-state index contributed by atoms with van der Waals surface area (Å²) in [4.78, 5) is 9.89. The third-order valence-electron chi connectivity index (χ3n) is 3.96. The molecule has 9 nitrogen and oxygen atoms in total. The molecule has 26 heavy (non-hydrogen) atoms. The predicted octanol–water partition coefficient (Wildman–Crippen LogP) is 1.51. The maximum Gasteiger partial charge on any atom is 0.269 e. The van der Waals surface area contributed by atoms with Crippen LogP contribution in [-0.4, -0.2) is 31.8 Å². The summed E-state index contributed by atoms with van der Waals surface area (Å²) in [5.41, 5.74) is -1.26. The first-order valence-electron chi connectivity index (χ1n) is 7.56. The van der Waals surface area contributed by atoms with Crippen LogP contribution in [0.5, 0.6) is 11.5 Å². The molecule has 0 radical (unpaired) electrons. The molecule has 1 unspecified atom stereocenters. The molecule has 0 spiro atoms. The zero-order valence-corrected chi connectivity index (χ0v) is 14.5. The van der Waals surface area contributed by atoms with Crippen LogP contribution in [0.25, 0.3) is 0 Å². The van der Waals surface area contributed by atoms with E-state index in [1.165, 1.54) is 6.92 Å². The van der Waals surface area contributed by atoms with Crippen LogP contribution in [0.3, 0.4) is 0 Å². The van der Waals surface area contributed by atoms with E-state index in [-0.39, 0.29) is 23.9 Å². The number of nitrogens with one attached hydrogen (secondary N) is 1. The maximum atomic E-state index is 12.3. The third kappa shape index (κ3) is 3.62. The molecule has 0 aliphatic carbocycles. The summed E-state index contributed by atoms with van der Waals surface area (Å²) in [5.74, 6) is 1.03. The Balaban J connectivity index is 1.74. The average molecular weight is 380 g/mol. The van der Waals surface area contributed by atoms with Crippen molar-refractivity contribution in [3.63, 3.8) is 0 Å². The van der Waals surface area contributed by atoms with Crippen molar-refractivity contribution in [1.82, 2.24) is 4.72 Å². The lowest BCUT2D eigenvalue weighted by molar-refractivity contribution is -0.384. The van der Waals surface area contributed by atoms with Crippen molar-refractivity contribution in [2.45, 2.75) is 17.4 Å². The summed E-state index contributed by atoms with van der Waals surface area (Å²) in [6.07, 6.45) is 0. The molecule has 10 heteroatoms. The zero-order valence-electron chi connectivity index (χ0n) is 13.7. The number of benzene rings is 2. The van der Waals surface area contributed by atoms with Gasteiger partial charge in [0.25, 0.3) is 5.69 Å². The van der Waals surface area contributed by atoms with Gasteiger partial charge in [0.1, 0.15) is 5.60 Å². The molecule has 0 aromatic heterocycles. The van der Waals surface area contributed by atoms with Crippen LogP contribution >= 0.6 is 0 Å². The Morgan fingerprint density at radius 2 is 1.85 bits per heavy atom. The molecule has 0 bridgehead atoms. The van der Waals surface area contributed by atoms with Gasteiger partial charge in [0.2, 0.25) is 16.8 Å². The highest BCUT2D eigenvalue weighted by molar-refractivity contribution is 7.89. The number of non-ortho nitro benzene ring substituents is 1. The summed E-state index contributed by atoms with van der Waals surface area (Å²) in [7, 11) is -3.94. The maximum absolute atomic E-state index is 12.3. The molecular formula is C16H16N2O7S. The first-order chi connectivity index (χ1) is 12.2. The van der Waals surface area contributed by atoms with Gasteiger partial charge in [-0.05, 0) is 36.8 Å². The minimum atomic E-state index is -3.94. The summed E-state index contributed by atoms with van der Waals surface area (Å²) < 4.78 is 37.4. The van der Waals surface area contributed by atoms with Gasteiger partial charge in [0.05, 0.1) is 9.82 Å². The van der Waals surface area contributed by atoms with E-state index in [2.05, 4.69) is 4.72 Å². The Morgan fingerprint density at radius 1 is 1.19 bits per heavy atom. The number of fused-ring (bicyclic) bond motifs is 1. The zero-order chi connectivity index (χ0) is 18.9. The molecule has 1 atom stereocenters. The molecule has 0 amide bonds. The molecule has 0 fully saturated rings. The molecule has 1 aliphatic rings. The Kier molecular flexibility index (Phi) is 4.57. The lowest BCUT2D eigenvalue weighted by Gasteiger charge is -2.24. The number of hydrogen-bond acceptors (Lipinski definition) is 7. The quantitative estimate of drug-likeness (QED) is 0.574. The van der Waals surface area contributed by atoms with Crippen LogP contribution < -0.4 is 14.2 Å². The van der Waals surface area contributed by atoms with Crippen molar-refractivity contribution >= 4 is 15.7 Å². The lowest BCUT2D eigenvalue weighted by Crippen LogP contribution is -2.38. The fraction of sp³-hybridized carbons (Fsp3) is 0.250. The summed E-state index contributed by atoms with van der Waals surface area (Å²) in [5, 5.41) is 21.3. The second-order valence-corrected chi connectivity index (χ2v) is 7.68. The van der Waals surface area contributed by atoms with Crippen molar-refractivity contribution in [2.24, 2.45) is 0 Å². The molecule has 2 N–H and O–H groups in total. The van der Waals surface area contributed by atoms with Crippen LogP contribution in [0.4, 0.5) is 5.69 Å². The summed E-state index contributed by atoms with van der Waals surface area (Å²) >= 11 is 0. The Morgan fingerprint density at radius 3 is 2.50 bits per heavy atom. The first-order valence-corrected chi connectivity index (χ1v) is 9.04. The number of nitro benzene ring substituents is 1. The molecule has 3 rings (SSSR count). The SMILES string of the molecule is CC(O)(CNS(=O)(=O)c1ccc([N+](=O)[O-])cc1)c1ccc2c(c1)OCO2. The van der Waals surface area contributed by atoms with E-state index in [1.807, 2.05) is 0 Å². The molecule has 0 saturated heterocycles. The molecule has 138 valence electrons. The minimum Gasteiger partial charge on any atom is -0.454 e. The number of hydrogen-bond donors (Lipinski definition) is 2. The van der Waals surface area contributed by atoms with Crippen molar-refractivity contribution in [2.75, 3.05) is 13.3 Å². The standard InChI is InChI=1S/C16H16N2O7S/c1-16(19,11-2-7-14-15(8-11)25-10-24-14)9-17-26(22,23)13-5-3-12(4-6-13)18(20)21/h2-8,17,19H,9-10H2,1H3. The Hall–Kier alpha value is -2.69. The molecule has 2 aromatic carbocycles. The van der Waals surface area contributed by atoms with E-state index in [1.54, 1.807) is 18.2 Å². The Labute approximate surface area is 149 Å². The van der Waals surface area contributed by atoms with Crippen LogP contribution in [0, 0.1) is 10.1 Å². The van der Waals surface area contributed by atoms with E-state index in [4.69, 9.17) is 9.47 Å². The van der Waals surface area contributed by atoms with E-state index in [0.29, 0.717) is 17.1 Å². The second kappa shape index (κ2) is 6.56. The summed E-state index contributed by atoms with van der Waals surface area (Å²) in [6, 6.07) is 9.31. The fourth-order valence-electron chi connectivity index (χ4n) is 2.40. The van der Waals surface area contributed by atoms with Crippen LogP contribution in [0.2, 0.25) is 0 Å². The van der Waals surface area contributed by atoms with Gasteiger partial charge in [-0.15, -0.1) is 0 Å². The lowest BCUT2D eigenvalue weighted by atomic mass is 9.96. The topological polar surface area (TPSA) is 128 Å². The number of nitro groups is 1. The highest BCUT2D eigenvalue weighted by atomic mass is 32.2. The van der Waals surface area contributed by atoms with Crippen molar-refractivity contribution in [1.29, 1.82) is 0 Å². The predicted molar refractivity (Wildman–Crippen MR) is 90.4 cm³/mol. The smallest absolute Gasteiger partial charge is 0.269 e. The third-order valence-corrected chi connectivity index (χ3v) is 5.38. The van der Waals surface area contributed by atoms with Crippen molar-refractivity contribution in [3.05, 3.63) is 58.1 Å². The van der Waals surface area contributed by atoms with Crippen LogP contribution in [-0.2, 0) is 15.6 Å². The fourth-order valence-corrected chi connectivity index (χ4v) is 3.53. The average Bonchev–Trinajstić information content (AvgIpc) is 3.08. The molecule has 2 aromatic rings. The van der Waals surface area contributed by atoms with Gasteiger partial charge in [0.15, 0.2) is 11.5 Å². The van der Waals surface area contributed by atoms with E-state index < -0.39 is 20.5 Å². The van der Waals surface area contributed by atoms with Crippen molar-refractivity contribution in [3.8, 4) is 11.5 Å².